The molecular weight excluding hydrogens is 675 g/mol. The van der Waals surface area contributed by atoms with E-state index in [9.17, 15) is 35.8 Å². The van der Waals surface area contributed by atoms with E-state index in [2.05, 4.69) is 15.0 Å². The third kappa shape index (κ3) is 7.45. The zero-order valence-electron chi connectivity index (χ0n) is 26.8. The summed E-state index contributed by atoms with van der Waals surface area (Å²) in [6.45, 7) is 3.57. The van der Waals surface area contributed by atoms with Crippen LogP contribution in [-0.2, 0) is 12.4 Å². The van der Waals surface area contributed by atoms with Crippen LogP contribution in [0.2, 0.25) is 0 Å². The maximum atomic E-state index is 13.4. The van der Waals surface area contributed by atoms with Crippen molar-refractivity contribution in [3.8, 4) is 39.6 Å². The predicted molar refractivity (Wildman–Crippen MR) is 180 cm³/mol. The van der Waals surface area contributed by atoms with Gasteiger partial charge in [-0.3, -0.25) is 9.97 Å². The fourth-order valence-corrected chi connectivity index (χ4v) is 5.81. The second-order valence-corrected chi connectivity index (χ2v) is 11.5. The Kier molecular flexibility index (Phi) is 9.35. The molecule has 7 rings (SSSR count). The van der Waals surface area contributed by atoms with Crippen molar-refractivity contribution < 1.29 is 40.6 Å². The van der Waals surface area contributed by atoms with Gasteiger partial charge in [0.2, 0.25) is 11.8 Å². The first-order chi connectivity index (χ1) is 24.2. The van der Waals surface area contributed by atoms with E-state index in [-0.39, 0.29) is 22.7 Å². The van der Waals surface area contributed by atoms with E-state index < -0.39 is 29.4 Å². The second kappa shape index (κ2) is 13.7. The summed E-state index contributed by atoms with van der Waals surface area (Å²) in [7, 11) is 0. The van der Waals surface area contributed by atoms with Crippen LogP contribution < -0.4 is 4.74 Å². The van der Waals surface area contributed by atoms with E-state index in [4.69, 9.17) is 4.74 Å². The number of fused-ring (bicyclic) bond motifs is 2. The standard InChI is InChI=1S/C22H14F4N2O.C17H12F3NO/c1-13-12-27-21-16(7-3-8-17(21)22(24,25)26)20(13)14-5-2-6-15(11-14)29-19-10-4-9-18(23)28-19;1-10-9-21-16-13(6-3-7-14(16)17(18,19)20)15(10)11-4-2-5-12(22)8-11/h2-12H,1H3;2-9,22H,1H3. The van der Waals surface area contributed by atoms with E-state index in [1.54, 1.807) is 62.4 Å². The van der Waals surface area contributed by atoms with Gasteiger partial charge in [0, 0.05) is 29.2 Å². The molecule has 0 fully saturated rings. The summed E-state index contributed by atoms with van der Waals surface area (Å²) in [5, 5.41) is 10.4. The van der Waals surface area contributed by atoms with Gasteiger partial charge in [-0.1, -0.05) is 54.6 Å². The monoisotopic (exact) mass is 701 g/mol. The molecule has 0 aliphatic carbocycles. The lowest BCUT2D eigenvalue weighted by atomic mass is 9.95. The molecule has 0 spiro atoms. The quantitative estimate of drug-likeness (QED) is 0.146. The fraction of sp³-hybridized carbons (Fsp3) is 0.103. The minimum Gasteiger partial charge on any atom is -0.508 e. The van der Waals surface area contributed by atoms with Crippen LogP contribution in [0.15, 0.2) is 116 Å². The highest BCUT2D eigenvalue weighted by Gasteiger charge is 2.34. The second-order valence-electron chi connectivity index (χ2n) is 11.5. The number of aromatic nitrogens is 3. The molecule has 4 aromatic carbocycles. The summed E-state index contributed by atoms with van der Waals surface area (Å²) in [6, 6.07) is 25.5. The lowest BCUT2D eigenvalue weighted by Gasteiger charge is -2.15. The smallest absolute Gasteiger partial charge is 0.418 e. The molecule has 0 aliphatic rings. The summed E-state index contributed by atoms with van der Waals surface area (Å²) in [5.74, 6) is -0.141. The minimum atomic E-state index is -4.51. The van der Waals surface area contributed by atoms with E-state index in [0.717, 1.165) is 23.3 Å². The van der Waals surface area contributed by atoms with Gasteiger partial charge in [0.25, 0.3) is 0 Å². The molecule has 3 heterocycles. The largest absolute Gasteiger partial charge is 0.508 e. The fourth-order valence-electron chi connectivity index (χ4n) is 5.81. The first kappa shape index (κ1) is 34.8. The molecule has 7 aromatic rings. The Morgan fingerprint density at radius 1 is 0.588 bits per heavy atom. The summed E-state index contributed by atoms with van der Waals surface area (Å²) >= 11 is 0. The van der Waals surface area contributed by atoms with Gasteiger partial charge in [0.05, 0.1) is 22.2 Å². The van der Waals surface area contributed by atoms with Crippen molar-refractivity contribution in [2.45, 2.75) is 26.2 Å². The Bertz CT molecular complexity index is 2390. The normalized spacial score (nSPS) is 11.7. The van der Waals surface area contributed by atoms with Crippen LogP contribution in [0.5, 0.6) is 17.4 Å². The summed E-state index contributed by atoms with van der Waals surface area (Å²) in [4.78, 5) is 11.7. The van der Waals surface area contributed by atoms with E-state index in [0.29, 0.717) is 38.8 Å². The van der Waals surface area contributed by atoms with Crippen LogP contribution in [0.4, 0.5) is 30.7 Å². The van der Waals surface area contributed by atoms with Crippen molar-refractivity contribution in [1.29, 1.82) is 0 Å². The highest BCUT2D eigenvalue weighted by atomic mass is 19.4. The van der Waals surface area contributed by atoms with Gasteiger partial charge in [0.15, 0.2) is 0 Å². The topological polar surface area (TPSA) is 68.1 Å². The van der Waals surface area contributed by atoms with Crippen molar-refractivity contribution in [1.82, 2.24) is 15.0 Å². The van der Waals surface area contributed by atoms with Crippen LogP contribution in [0.3, 0.4) is 0 Å². The van der Waals surface area contributed by atoms with Gasteiger partial charge in [0.1, 0.15) is 11.5 Å². The predicted octanol–water partition coefficient (Wildman–Crippen LogP) is 11.5. The molecule has 5 nitrogen and oxygen atoms in total. The van der Waals surface area contributed by atoms with E-state index in [1.807, 2.05) is 0 Å². The third-order valence-corrected chi connectivity index (χ3v) is 7.95. The number of alkyl halides is 6. The SMILES string of the molecule is Cc1cnc2c(C(F)(F)F)cccc2c1-c1cccc(O)c1.Cc1cnc2c(C(F)(F)F)cccc2c1-c1cccc(Oc2cccc(F)n2)c1. The van der Waals surface area contributed by atoms with Crippen LogP contribution >= 0.6 is 0 Å². The molecular formula is C39H26F7N3O2. The molecule has 258 valence electrons. The number of rotatable bonds is 4. The van der Waals surface area contributed by atoms with Crippen molar-refractivity contribution in [2.75, 3.05) is 0 Å². The van der Waals surface area contributed by atoms with Crippen LogP contribution in [0.25, 0.3) is 44.1 Å². The molecule has 0 unspecified atom stereocenters. The first-order valence-electron chi connectivity index (χ1n) is 15.3. The molecule has 0 radical (unpaired) electrons. The average molecular weight is 702 g/mol. The van der Waals surface area contributed by atoms with Gasteiger partial charge in [-0.15, -0.1) is 0 Å². The number of benzene rings is 4. The molecule has 51 heavy (non-hydrogen) atoms. The number of aromatic hydroxyl groups is 1. The minimum absolute atomic E-state index is 0.0637. The number of halogens is 7. The average Bonchev–Trinajstić information content (AvgIpc) is 3.07. The van der Waals surface area contributed by atoms with Crippen molar-refractivity contribution in [3.05, 3.63) is 144 Å². The lowest BCUT2D eigenvalue weighted by Crippen LogP contribution is -2.07. The highest BCUT2D eigenvalue weighted by Crippen LogP contribution is 2.40. The van der Waals surface area contributed by atoms with Gasteiger partial charge in [-0.05, 0) is 89.7 Å². The molecule has 12 heteroatoms. The molecule has 0 amide bonds. The zero-order valence-corrected chi connectivity index (χ0v) is 26.8. The molecule has 0 aliphatic heterocycles. The number of phenols is 1. The van der Waals surface area contributed by atoms with E-state index >= 15 is 0 Å². The Morgan fingerprint density at radius 3 is 1.59 bits per heavy atom. The number of nitrogens with zero attached hydrogens (tertiary/aromatic N) is 3. The molecule has 0 saturated heterocycles. The van der Waals surface area contributed by atoms with Crippen LogP contribution in [0, 0.1) is 19.8 Å². The molecule has 3 aromatic heterocycles. The van der Waals surface area contributed by atoms with Crippen LogP contribution in [-0.4, -0.2) is 20.1 Å². The lowest BCUT2D eigenvalue weighted by molar-refractivity contribution is -0.137. The number of aryl methyl sites for hydroxylation is 2. The summed E-state index contributed by atoms with van der Waals surface area (Å²) < 4.78 is 98.5. The molecule has 0 saturated carbocycles. The Balaban J connectivity index is 0.000000183. The zero-order chi connectivity index (χ0) is 36.5. The Hall–Kier alpha value is -6.04. The maximum absolute atomic E-state index is 13.4. The molecule has 1 N–H and O–H groups in total. The van der Waals surface area contributed by atoms with Crippen LogP contribution in [0.1, 0.15) is 22.3 Å². The van der Waals surface area contributed by atoms with Crippen molar-refractivity contribution >= 4 is 21.8 Å². The van der Waals surface area contributed by atoms with Crippen molar-refractivity contribution in [2.24, 2.45) is 0 Å². The number of hydrogen-bond acceptors (Lipinski definition) is 5. The first-order valence-corrected chi connectivity index (χ1v) is 15.3. The number of ether oxygens (including phenoxy) is 1. The molecule has 0 atom stereocenters. The van der Waals surface area contributed by atoms with Crippen molar-refractivity contribution in [3.63, 3.8) is 0 Å². The number of pyridine rings is 3. The van der Waals surface area contributed by atoms with Gasteiger partial charge >= 0.3 is 12.4 Å². The molecule has 0 bridgehead atoms. The Labute approximate surface area is 286 Å². The summed E-state index contributed by atoms with van der Waals surface area (Å²) in [5.41, 5.74) is 2.31. The number of para-hydroxylation sites is 2. The highest BCUT2D eigenvalue weighted by molar-refractivity contribution is 5.99. The maximum Gasteiger partial charge on any atom is 0.418 e. The number of phenolic OH excluding ortho intramolecular Hbond substituents is 1. The van der Waals surface area contributed by atoms with E-state index in [1.165, 1.54) is 54.9 Å². The summed E-state index contributed by atoms with van der Waals surface area (Å²) in [6.07, 6.45) is -6.11. The Morgan fingerprint density at radius 2 is 1.08 bits per heavy atom. The van der Waals surface area contributed by atoms with Gasteiger partial charge < -0.3 is 9.84 Å². The number of hydrogen-bond donors (Lipinski definition) is 1. The van der Waals surface area contributed by atoms with Gasteiger partial charge in [-0.25, -0.2) is 0 Å². The van der Waals surface area contributed by atoms with Gasteiger partial charge in [-0.2, -0.15) is 35.7 Å². The third-order valence-electron chi connectivity index (χ3n) is 7.95.